The van der Waals surface area contributed by atoms with Gasteiger partial charge in [-0.3, -0.25) is 4.79 Å². The van der Waals surface area contributed by atoms with Crippen molar-refractivity contribution in [2.24, 2.45) is 5.92 Å². The van der Waals surface area contributed by atoms with E-state index in [1.807, 2.05) is 42.6 Å². The van der Waals surface area contributed by atoms with Crippen molar-refractivity contribution in [3.05, 3.63) is 116 Å². The number of methoxy groups -OCH3 is 2. The minimum atomic E-state index is 0.0900. The van der Waals surface area contributed by atoms with E-state index >= 15 is 0 Å². The van der Waals surface area contributed by atoms with Crippen LogP contribution in [0.2, 0.25) is 0 Å². The lowest BCUT2D eigenvalue weighted by atomic mass is 9.71. The van der Waals surface area contributed by atoms with Crippen molar-refractivity contribution in [2.75, 3.05) is 14.2 Å². The summed E-state index contributed by atoms with van der Waals surface area (Å²) in [7, 11) is 3.36. The Hall–Kier alpha value is -4.05. The molecule has 2 aliphatic rings. The highest BCUT2D eigenvalue weighted by atomic mass is 16.5. The Labute approximate surface area is 210 Å². The number of nitrogens with one attached hydrogen (secondary N) is 1. The first kappa shape index (κ1) is 22.4. The molecule has 4 aromatic rings. The number of H-pyrrole nitrogens is 1. The number of carbonyl (C=O) groups is 1. The number of fused-ring (bicyclic) bond motifs is 4. The molecule has 1 heterocycles. The first-order chi connectivity index (χ1) is 17.6. The summed E-state index contributed by atoms with van der Waals surface area (Å²) >= 11 is 0. The normalized spacial score (nSPS) is 18.1. The van der Waals surface area contributed by atoms with Crippen LogP contribution >= 0.6 is 0 Å². The first-order valence-electron chi connectivity index (χ1n) is 12.4. The predicted molar refractivity (Wildman–Crippen MR) is 142 cm³/mol. The predicted octanol–water partition coefficient (Wildman–Crippen LogP) is 4.86. The van der Waals surface area contributed by atoms with Crippen molar-refractivity contribution >= 4 is 17.4 Å². The molecular formula is C32H29NO3. The van der Waals surface area contributed by atoms with E-state index in [2.05, 4.69) is 42.2 Å². The van der Waals surface area contributed by atoms with E-state index < -0.39 is 0 Å². The molecule has 36 heavy (non-hydrogen) atoms. The van der Waals surface area contributed by atoms with Crippen LogP contribution in [-0.2, 0) is 6.42 Å². The average Bonchev–Trinajstić information content (AvgIpc) is 3.44. The molecule has 0 saturated carbocycles. The van der Waals surface area contributed by atoms with Gasteiger partial charge in [-0.2, -0.15) is 0 Å². The zero-order chi connectivity index (χ0) is 24.8. The van der Waals surface area contributed by atoms with Gasteiger partial charge in [-0.25, -0.2) is 0 Å². The third-order valence-electron chi connectivity index (χ3n) is 7.80. The number of aromatic nitrogens is 1. The van der Waals surface area contributed by atoms with Gasteiger partial charge in [0.1, 0.15) is 11.5 Å². The van der Waals surface area contributed by atoms with Crippen LogP contribution in [0.3, 0.4) is 0 Å². The molecule has 1 unspecified atom stereocenters. The zero-order valence-corrected chi connectivity index (χ0v) is 20.8. The molecule has 2 aliphatic carbocycles. The zero-order valence-electron chi connectivity index (χ0n) is 20.8. The monoisotopic (exact) mass is 475 g/mol. The van der Waals surface area contributed by atoms with E-state index in [0.29, 0.717) is 5.92 Å². The van der Waals surface area contributed by atoms with Gasteiger partial charge < -0.3 is 14.5 Å². The molecule has 1 N–H and O–H groups in total. The second-order valence-corrected chi connectivity index (χ2v) is 9.78. The van der Waals surface area contributed by atoms with Crippen LogP contribution in [0.4, 0.5) is 0 Å². The summed E-state index contributed by atoms with van der Waals surface area (Å²) in [6, 6.07) is 22.7. The van der Waals surface area contributed by atoms with Gasteiger partial charge in [-0.15, -0.1) is 0 Å². The molecular weight excluding hydrogens is 446 g/mol. The molecule has 4 heteroatoms. The van der Waals surface area contributed by atoms with Crippen molar-refractivity contribution in [3.63, 3.8) is 0 Å². The molecule has 0 radical (unpaired) electrons. The fraction of sp³-hybridized carbons (Fsp3) is 0.219. The minimum Gasteiger partial charge on any atom is -0.497 e. The number of carbonyl (C=O) groups excluding carboxylic acids is 1. The van der Waals surface area contributed by atoms with Gasteiger partial charge in [-0.05, 0) is 86.5 Å². The topological polar surface area (TPSA) is 51.3 Å². The minimum absolute atomic E-state index is 0.0900. The second-order valence-electron chi connectivity index (χ2n) is 9.78. The van der Waals surface area contributed by atoms with Gasteiger partial charge in [0.25, 0.3) is 0 Å². The lowest BCUT2D eigenvalue weighted by molar-refractivity contribution is 0.105. The van der Waals surface area contributed by atoms with Crippen LogP contribution in [0, 0.1) is 16.4 Å². The van der Waals surface area contributed by atoms with Crippen molar-refractivity contribution in [3.8, 4) is 11.5 Å². The number of Topliss-reactive ketones (excluding diaryl/α,β-unsaturated/α-hetero) is 1. The molecule has 0 spiro atoms. The second kappa shape index (κ2) is 8.87. The summed E-state index contributed by atoms with van der Waals surface area (Å²) in [5, 5.41) is 4.31. The number of hydrogen-bond donors (Lipinski definition) is 1. The molecule has 0 saturated heterocycles. The number of aromatic amines is 1. The Morgan fingerprint density at radius 1 is 0.917 bits per heavy atom. The number of ketones is 1. The Balaban J connectivity index is 1.66. The van der Waals surface area contributed by atoms with Crippen molar-refractivity contribution in [1.82, 2.24) is 4.98 Å². The Morgan fingerprint density at radius 2 is 1.75 bits per heavy atom. The van der Waals surface area contributed by atoms with E-state index in [0.717, 1.165) is 62.4 Å². The van der Waals surface area contributed by atoms with Gasteiger partial charge in [0.2, 0.25) is 0 Å². The maximum atomic E-state index is 13.7. The maximum Gasteiger partial charge on any atom is 0.187 e. The molecule has 0 amide bonds. The van der Waals surface area contributed by atoms with E-state index in [1.165, 1.54) is 10.8 Å². The van der Waals surface area contributed by atoms with Gasteiger partial charge in [-0.1, -0.05) is 49.4 Å². The van der Waals surface area contributed by atoms with Gasteiger partial charge in [0.15, 0.2) is 5.78 Å². The number of ether oxygens (including phenoxy) is 2. The molecule has 4 nitrogen and oxygen atoms in total. The van der Waals surface area contributed by atoms with Crippen LogP contribution in [-0.4, -0.2) is 25.0 Å². The van der Waals surface area contributed by atoms with Gasteiger partial charge in [0.05, 0.1) is 14.2 Å². The lowest BCUT2D eigenvalue weighted by Gasteiger charge is -2.33. The summed E-state index contributed by atoms with van der Waals surface area (Å²) in [4.78, 5) is 17.1. The summed E-state index contributed by atoms with van der Waals surface area (Å²) in [6.07, 6.45) is 5.49. The SMILES string of the molecule is COc1ccc(CC2c3c4c(ccc3=C(c3ccc[nH]3)C[C@@H]2C)=c2ccccc2=CC4=O)c(OC)c1. The average molecular weight is 476 g/mol. The van der Waals surface area contributed by atoms with Crippen LogP contribution in [0.5, 0.6) is 11.5 Å². The standard InChI is InChI=1S/C32H29NO3/c1-19-15-27(28-9-6-14-33-28)25-13-12-24-23-8-5-4-7-20(23)17-29(34)32(24)31(25)26(19)16-21-10-11-22(35-2)18-30(21)36-3/h4-14,17-19,26,33H,15-16H2,1-3H3/t19-,26?/m0/s1. The van der Waals surface area contributed by atoms with Crippen molar-refractivity contribution in [1.29, 1.82) is 0 Å². The van der Waals surface area contributed by atoms with Crippen LogP contribution in [0.15, 0.2) is 72.9 Å². The summed E-state index contributed by atoms with van der Waals surface area (Å²) in [5.74, 6) is 2.17. The third-order valence-corrected chi connectivity index (χ3v) is 7.80. The molecule has 6 rings (SSSR count). The van der Waals surface area contributed by atoms with E-state index in [1.54, 1.807) is 20.3 Å². The first-order valence-corrected chi connectivity index (χ1v) is 12.4. The van der Waals surface area contributed by atoms with Crippen LogP contribution in [0.25, 0.3) is 11.6 Å². The molecule has 0 fully saturated rings. The fourth-order valence-corrected chi connectivity index (χ4v) is 6.03. The fourth-order valence-electron chi connectivity index (χ4n) is 6.03. The summed E-state index contributed by atoms with van der Waals surface area (Å²) < 4.78 is 11.2. The third kappa shape index (κ3) is 3.56. The quantitative estimate of drug-likeness (QED) is 0.449. The molecule has 0 bridgehead atoms. The van der Waals surface area contributed by atoms with Crippen molar-refractivity contribution < 1.29 is 14.3 Å². The van der Waals surface area contributed by atoms with Crippen molar-refractivity contribution in [2.45, 2.75) is 25.7 Å². The van der Waals surface area contributed by atoms with E-state index in [9.17, 15) is 4.79 Å². The lowest BCUT2D eigenvalue weighted by Crippen LogP contribution is -2.33. The number of hydrogen-bond acceptors (Lipinski definition) is 3. The largest absolute Gasteiger partial charge is 0.497 e. The molecule has 1 aromatic heterocycles. The van der Waals surface area contributed by atoms with Gasteiger partial charge >= 0.3 is 0 Å². The molecule has 0 aliphatic heterocycles. The van der Waals surface area contributed by atoms with E-state index in [4.69, 9.17) is 9.47 Å². The maximum absolute atomic E-state index is 13.7. The smallest absolute Gasteiger partial charge is 0.187 e. The summed E-state index contributed by atoms with van der Waals surface area (Å²) in [6.45, 7) is 2.30. The summed E-state index contributed by atoms with van der Waals surface area (Å²) in [5.41, 5.74) is 5.52. The molecule has 180 valence electrons. The Bertz CT molecular complexity index is 1700. The number of benzene rings is 3. The van der Waals surface area contributed by atoms with Gasteiger partial charge in [0, 0.05) is 23.5 Å². The molecule has 3 aromatic carbocycles. The Kier molecular flexibility index (Phi) is 5.52. The Morgan fingerprint density at radius 3 is 2.53 bits per heavy atom. The van der Waals surface area contributed by atoms with Crippen LogP contribution < -0.4 is 19.9 Å². The highest BCUT2D eigenvalue weighted by molar-refractivity contribution is 6.19. The number of rotatable bonds is 5. The highest BCUT2D eigenvalue weighted by Crippen LogP contribution is 2.40. The van der Waals surface area contributed by atoms with Crippen LogP contribution in [0.1, 0.15) is 46.4 Å². The molecule has 2 atom stereocenters. The highest BCUT2D eigenvalue weighted by Gasteiger charge is 2.33. The van der Waals surface area contributed by atoms with E-state index in [-0.39, 0.29) is 11.7 Å².